The molecule has 0 aliphatic carbocycles. The molecule has 1 aromatic heterocycles. The Bertz CT molecular complexity index is 613. The van der Waals surface area contributed by atoms with Gasteiger partial charge in [-0.2, -0.15) is 0 Å². The number of sulfone groups is 1. The lowest BCUT2D eigenvalue weighted by Gasteiger charge is -2.22. The van der Waals surface area contributed by atoms with Crippen LogP contribution in [0.1, 0.15) is 11.3 Å². The van der Waals surface area contributed by atoms with Crippen molar-refractivity contribution in [2.24, 2.45) is 10.9 Å². The lowest BCUT2D eigenvalue weighted by atomic mass is 10.1. The molecule has 1 aromatic rings. The van der Waals surface area contributed by atoms with Gasteiger partial charge in [-0.1, -0.05) is 0 Å². The van der Waals surface area contributed by atoms with Crippen LogP contribution in [-0.2, 0) is 16.4 Å². The normalized spacial score (nSPS) is 21.5. The van der Waals surface area contributed by atoms with Crippen LogP contribution >= 0.6 is 27.3 Å². The summed E-state index contributed by atoms with van der Waals surface area (Å²) in [5.74, 6) is 1.59. The van der Waals surface area contributed by atoms with Crippen LogP contribution in [0.5, 0.6) is 0 Å². The van der Waals surface area contributed by atoms with E-state index in [1.165, 1.54) is 4.88 Å². The molecule has 118 valence electrons. The fraction of sp³-hybridized carbons (Fsp3) is 0.615. The van der Waals surface area contributed by atoms with E-state index in [1.807, 2.05) is 18.0 Å². The highest BCUT2D eigenvalue weighted by Crippen LogP contribution is 2.23. The zero-order valence-corrected chi connectivity index (χ0v) is 15.4. The molecule has 1 atom stereocenters. The predicted octanol–water partition coefficient (Wildman–Crippen LogP) is 1.95. The van der Waals surface area contributed by atoms with Crippen LogP contribution < -0.4 is 5.32 Å². The molecule has 1 N–H and O–H groups in total. The molecular formula is C13H20BrN3O2S2. The van der Waals surface area contributed by atoms with E-state index in [4.69, 9.17) is 0 Å². The van der Waals surface area contributed by atoms with Gasteiger partial charge in [-0.15, -0.1) is 11.3 Å². The van der Waals surface area contributed by atoms with Crippen molar-refractivity contribution in [1.82, 2.24) is 10.2 Å². The van der Waals surface area contributed by atoms with Gasteiger partial charge in [-0.25, -0.2) is 8.42 Å². The predicted molar refractivity (Wildman–Crippen MR) is 91.6 cm³/mol. The summed E-state index contributed by atoms with van der Waals surface area (Å²) in [6, 6.07) is 4.12. The van der Waals surface area contributed by atoms with Crippen LogP contribution in [0.25, 0.3) is 0 Å². The van der Waals surface area contributed by atoms with Crippen molar-refractivity contribution >= 4 is 43.1 Å². The van der Waals surface area contributed by atoms with Gasteiger partial charge >= 0.3 is 0 Å². The Morgan fingerprint density at radius 3 is 2.86 bits per heavy atom. The summed E-state index contributed by atoms with van der Waals surface area (Å²) in [7, 11) is 0.912. The third kappa shape index (κ3) is 4.96. The average Bonchev–Trinajstić information content (AvgIpc) is 2.96. The molecule has 0 spiro atoms. The molecule has 2 heterocycles. The van der Waals surface area contributed by atoms with Crippen LogP contribution in [0.3, 0.4) is 0 Å². The second kappa shape index (κ2) is 7.11. The Hall–Kier alpha value is -0.600. The molecule has 0 amide bonds. The van der Waals surface area contributed by atoms with Gasteiger partial charge < -0.3 is 10.2 Å². The molecule has 1 unspecified atom stereocenters. The van der Waals surface area contributed by atoms with E-state index in [-0.39, 0.29) is 5.92 Å². The molecule has 0 saturated carbocycles. The number of rotatable bonds is 4. The van der Waals surface area contributed by atoms with Gasteiger partial charge in [0.1, 0.15) is 0 Å². The molecule has 2 rings (SSSR count). The highest BCUT2D eigenvalue weighted by Gasteiger charge is 2.27. The lowest BCUT2D eigenvalue weighted by molar-refractivity contribution is 0.467. The van der Waals surface area contributed by atoms with Gasteiger partial charge in [-0.05, 0) is 40.4 Å². The Morgan fingerprint density at radius 1 is 1.57 bits per heavy atom. The Labute approximate surface area is 138 Å². The maximum atomic E-state index is 11.5. The smallest absolute Gasteiger partial charge is 0.193 e. The van der Waals surface area contributed by atoms with Crippen molar-refractivity contribution in [3.05, 3.63) is 20.8 Å². The standard InChI is InChI=1S/C13H20BrN3O2S2/c1-15-13(16-7-10-5-6-21(18,19)9-10)17(2)8-11-3-4-12(14)20-11/h3-4,10H,5-9H2,1-2H3,(H,15,16). The fourth-order valence-corrected chi connectivity index (χ4v) is 5.80. The van der Waals surface area contributed by atoms with Crippen LogP contribution in [0.4, 0.5) is 0 Å². The summed E-state index contributed by atoms with van der Waals surface area (Å²) < 4.78 is 24.0. The SMILES string of the molecule is CN=C(NCC1CCS(=O)(=O)C1)N(C)Cc1ccc(Br)s1. The van der Waals surface area contributed by atoms with Crippen LogP contribution in [0.2, 0.25) is 0 Å². The van der Waals surface area contributed by atoms with E-state index in [9.17, 15) is 8.42 Å². The first kappa shape index (κ1) is 16.8. The van der Waals surface area contributed by atoms with Crippen molar-refractivity contribution in [3.8, 4) is 0 Å². The number of nitrogens with zero attached hydrogens (tertiary/aromatic N) is 2. The first-order valence-electron chi connectivity index (χ1n) is 6.76. The Kier molecular flexibility index (Phi) is 5.67. The van der Waals surface area contributed by atoms with Gasteiger partial charge in [0.2, 0.25) is 0 Å². The van der Waals surface area contributed by atoms with Crippen molar-refractivity contribution in [3.63, 3.8) is 0 Å². The monoisotopic (exact) mass is 393 g/mol. The number of thiophene rings is 1. The average molecular weight is 394 g/mol. The highest BCUT2D eigenvalue weighted by atomic mass is 79.9. The molecule has 0 bridgehead atoms. The molecule has 1 aliphatic heterocycles. The van der Waals surface area contributed by atoms with Crippen molar-refractivity contribution in [2.45, 2.75) is 13.0 Å². The van der Waals surface area contributed by atoms with Crippen molar-refractivity contribution in [2.75, 3.05) is 32.1 Å². The number of hydrogen-bond acceptors (Lipinski definition) is 4. The fourth-order valence-electron chi connectivity index (χ4n) is 2.40. The van der Waals surface area contributed by atoms with E-state index in [0.29, 0.717) is 18.1 Å². The van der Waals surface area contributed by atoms with E-state index in [0.717, 1.165) is 22.7 Å². The van der Waals surface area contributed by atoms with Gasteiger partial charge in [-0.3, -0.25) is 4.99 Å². The quantitative estimate of drug-likeness (QED) is 0.627. The minimum Gasteiger partial charge on any atom is -0.356 e. The van der Waals surface area contributed by atoms with Crippen LogP contribution in [0.15, 0.2) is 20.9 Å². The number of nitrogens with one attached hydrogen (secondary N) is 1. The summed E-state index contributed by atoms with van der Waals surface area (Å²) in [5.41, 5.74) is 0. The van der Waals surface area contributed by atoms with Crippen molar-refractivity contribution < 1.29 is 8.42 Å². The maximum Gasteiger partial charge on any atom is 0.193 e. The highest BCUT2D eigenvalue weighted by molar-refractivity contribution is 9.11. The third-order valence-electron chi connectivity index (χ3n) is 3.47. The van der Waals surface area contributed by atoms with Gasteiger partial charge in [0.25, 0.3) is 0 Å². The van der Waals surface area contributed by atoms with E-state index in [1.54, 1.807) is 18.4 Å². The Morgan fingerprint density at radius 2 is 2.33 bits per heavy atom. The summed E-state index contributed by atoms with van der Waals surface area (Å²) >= 11 is 5.16. The minimum atomic E-state index is -2.81. The number of guanidine groups is 1. The van der Waals surface area contributed by atoms with Crippen LogP contribution in [0, 0.1) is 5.92 Å². The lowest BCUT2D eigenvalue weighted by Crippen LogP contribution is -2.40. The van der Waals surface area contributed by atoms with E-state index < -0.39 is 9.84 Å². The number of halogens is 1. The zero-order chi connectivity index (χ0) is 15.5. The molecule has 0 aromatic carbocycles. The van der Waals surface area contributed by atoms with Gasteiger partial charge in [0.05, 0.1) is 21.8 Å². The third-order valence-corrected chi connectivity index (χ3v) is 6.92. The topological polar surface area (TPSA) is 61.8 Å². The first-order valence-corrected chi connectivity index (χ1v) is 10.2. The largest absolute Gasteiger partial charge is 0.356 e. The van der Waals surface area contributed by atoms with Crippen molar-refractivity contribution in [1.29, 1.82) is 0 Å². The summed E-state index contributed by atoms with van der Waals surface area (Å²) in [5, 5.41) is 3.28. The molecule has 8 heteroatoms. The van der Waals surface area contributed by atoms with E-state index in [2.05, 4.69) is 32.3 Å². The summed E-state index contributed by atoms with van der Waals surface area (Å²) in [6.45, 7) is 1.43. The minimum absolute atomic E-state index is 0.191. The molecular weight excluding hydrogens is 374 g/mol. The molecule has 21 heavy (non-hydrogen) atoms. The Balaban J connectivity index is 1.85. The second-order valence-corrected chi connectivity index (χ2v) is 10.0. The molecule has 0 radical (unpaired) electrons. The zero-order valence-electron chi connectivity index (χ0n) is 12.2. The summed E-state index contributed by atoms with van der Waals surface area (Å²) in [6.07, 6.45) is 0.744. The second-order valence-electron chi connectivity index (χ2n) is 5.26. The molecule has 1 fully saturated rings. The number of aliphatic imine (C=N–C) groups is 1. The molecule has 1 aliphatic rings. The summed E-state index contributed by atoms with van der Waals surface area (Å²) in [4.78, 5) is 7.55. The van der Waals surface area contributed by atoms with Crippen LogP contribution in [-0.4, -0.2) is 51.4 Å². The first-order chi connectivity index (χ1) is 9.89. The molecule has 1 saturated heterocycles. The van der Waals surface area contributed by atoms with Gasteiger partial charge in [0, 0.05) is 25.5 Å². The molecule has 5 nitrogen and oxygen atoms in total. The van der Waals surface area contributed by atoms with E-state index >= 15 is 0 Å². The van der Waals surface area contributed by atoms with Gasteiger partial charge in [0.15, 0.2) is 15.8 Å². The number of hydrogen-bond donors (Lipinski definition) is 1. The maximum absolute atomic E-state index is 11.5.